The normalized spacial score (nSPS) is 11.6. The van der Waals surface area contributed by atoms with Crippen LogP contribution in [0, 0.1) is 0 Å². The summed E-state index contributed by atoms with van der Waals surface area (Å²) in [5, 5.41) is 20.5. The molecule has 2 rings (SSSR count). The molecular formula is C16H16N2O8. The molecule has 0 bridgehead atoms. The largest absolute Gasteiger partial charge is 0.481 e. The number of H-pyrrole nitrogens is 1. The maximum Gasteiger partial charge on any atom is 0.412 e. The summed E-state index contributed by atoms with van der Waals surface area (Å²) in [6.07, 6.45) is -1.22. The summed E-state index contributed by atoms with van der Waals surface area (Å²) in [4.78, 5) is 47.4. The summed E-state index contributed by atoms with van der Waals surface area (Å²) >= 11 is 0. The number of carboxylic acids is 2. The number of aromatic amines is 1. The van der Waals surface area contributed by atoms with E-state index in [0.29, 0.717) is 10.9 Å². The Morgan fingerprint density at radius 2 is 1.96 bits per heavy atom. The molecular weight excluding hydrogens is 348 g/mol. The van der Waals surface area contributed by atoms with Crippen LogP contribution < -0.4 is 10.1 Å². The van der Waals surface area contributed by atoms with Crippen LogP contribution in [0.5, 0.6) is 5.75 Å². The van der Waals surface area contributed by atoms with Gasteiger partial charge in [-0.2, -0.15) is 0 Å². The van der Waals surface area contributed by atoms with Gasteiger partial charge < -0.3 is 30.0 Å². The van der Waals surface area contributed by atoms with Crippen molar-refractivity contribution in [3.63, 3.8) is 0 Å². The van der Waals surface area contributed by atoms with Crippen LogP contribution in [0.15, 0.2) is 24.4 Å². The van der Waals surface area contributed by atoms with E-state index in [9.17, 15) is 24.3 Å². The Bertz CT molecular complexity index is 857. The van der Waals surface area contributed by atoms with Crippen molar-refractivity contribution in [2.24, 2.45) is 0 Å². The molecule has 138 valence electrons. The molecule has 0 radical (unpaired) electrons. The second-order valence-corrected chi connectivity index (χ2v) is 5.24. The first kappa shape index (κ1) is 18.8. The lowest BCUT2D eigenvalue weighted by Gasteiger charge is -2.12. The molecule has 0 aliphatic carbocycles. The van der Waals surface area contributed by atoms with Crippen LogP contribution >= 0.6 is 0 Å². The second-order valence-electron chi connectivity index (χ2n) is 5.24. The fourth-order valence-corrected chi connectivity index (χ4v) is 2.23. The summed E-state index contributed by atoms with van der Waals surface area (Å²) in [6.45, 7) is 1.00. The number of aromatic nitrogens is 1. The highest BCUT2D eigenvalue weighted by atomic mass is 16.6. The first-order valence-electron chi connectivity index (χ1n) is 7.46. The average molecular weight is 364 g/mol. The number of nitrogens with one attached hydrogen (secondary N) is 2. The summed E-state index contributed by atoms with van der Waals surface area (Å²) in [7, 11) is 0. The Morgan fingerprint density at radius 1 is 1.23 bits per heavy atom. The van der Waals surface area contributed by atoms with Crippen molar-refractivity contribution in [3.8, 4) is 5.75 Å². The van der Waals surface area contributed by atoms with E-state index in [1.165, 1.54) is 18.3 Å². The van der Waals surface area contributed by atoms with Crippen molar-refractivity contribution in [2.75, 3.05) is 6.54 Å². The number of esters is 1. The van der Waals surface area contributed by atoms with Gasteiger partial charge in [0.15, 0.2) is 0 Å². The minimum Gasteiger partial charge on any atom is -0.481 e. The Hall–Kier alpha value is -3.56. The number of carboxylic acid groups (broad SMARTS) is 2. The van der Waals surface area contributed by atoms with Gasteiger partial charge in [0.1, 0.15) is 5.75 Å². The quantitative estimate of drug-likeness (QED) is 0.538. The monoisotopic (exact) mass is 364 g/mol. The Kier molecular flexibility index (Phi) is 5.78. The molecule has 2 aromatic rings. The predicted octanol–water partition coefficient (Wildman–Crippen LogP) is 1.42. The van der Waals surface area contributed by atoms with Gasteiger partial charge >= 0.3 is 24.0 Å². The SMILES string of the molecule is CC(=O)OC(C(=O)O)c1c[nH]c2ccc(OC(=O)NCCC(=O)O)cc12. The molecule has 1 amide bonds. The number of carbonyl (C=O) groups excluding carboxylic acids is 2. The molecule has 0 saturated heterocycles. The molecule has 1 aromatic carbocycles. The molecule has 0 saturated carbocycles. The number of hydrogen-bond donors (Lipinski definition) is 4. The summed E-state index contributed by atoms with van der Waals surface area (Å²) < 4.78 is 9.86. The van der Waals surface area contributed by atoms with E-state index < -0.39 is 30.1 Å². The topological polar surface area (TPSA) is 155 Å². The standard InChI is InChI=1S/C16H16N2O8/c1-8(19)25-14(15(22)23)11-7-18-12-3-2-9(6-10(11)12)26-16(24)17-5-4-13(20)21/h2-3,6-7,14,18H,4-5H2,1H3,(H,17,24)(H,20,21)(H,22,23). The predicted molar refractivity (Wildman–Crippen MR) is 86.7 cm³/mol. The zero-order chi connectivity index (χ0) is 19.3. The van der Waals surface area contributed by atoms with Gasteiger partial charge in [0, 0.05) is 36.1 Å². The van der Waals surface area contributed by atoms with Crippen LogP contribution in [-0.2, 0) is 19.1 Å². The molecule has 0 aliphatic rings. The first-order valence-corrected chi connectivity index (χ1v) is 7.46. The molecule has 1 aromatic heterocycles. The number of rotatable bonds is 7. The van der Waals surface area contributed by atoms with Crippen molar-refractivity contribution >= 4 is 34.9 Å². The van der Waals surface area contributed by atoms with Crippen LogP contribution in [0.1, 0.15) is 25.0 Å². The molecule has 26 heavy (non-hydrogen) atoms. The van der Waals surface area contributed by atoms with Gasteiger partial charge in [0.05, 0.1) is 6.42 Å². The van der Waals surface area contributed by atoms with Crippen LogP contribution in [0.4, 0.5) is 4.79 Å². The number of fused-ring (bicyclic) bond motifs is 1. The maximum absolute atomic E-state index is 11.6. The van der Waals surface area contributed by atoms with Gasteiger partial charge in [-0.1, -0.05) is 0 Å². The zero-order valence-electron chi connectivity index (χ0n) is 13.6. The van der Waals surface area contributed by atoms with E-state index in [2.05, 4.69) is 10.3 Å². The molecule has 0 spiro atoms. The molecule has 10 nitrogen and oxygen atoms in total. The number of carbonyl (C=O) groups is 4. The van der Waals surface area contributed by atoms with E-state index in [4.69, 9.17) is 14.6 Å². The Balaban J connectivity index is 2.21. The molecule has 1 heterocycles. The zero-order valence-corrected chi connectivity index (χ0v) is 13.6. The highest BCUT2D eigenvalue weighted by Crippen LogP contribution is 2.30. The summed E-state index contributed by atoms with van der Waals surface area (Å²) in [5.74, 6) is -3.05. The average Bonchev–Trinajstić information content (AvgIpc) is 2.94. The fraction of sp³-hybridized carbons (Fsp3) is 0.250. The van der Waals surface area contributed by atoms with Crippen LogP contribution in [0.2, 0.25) is 0 Å². The van der Waals surface area contributed by atoms with Crippen molar-refractivity contribution < 1.29 is 38.9 Å². The summed E-state index contributed by atoms with van der Waals surface area (Å²) in [5.41, 5.74) is 0.747. The summed E-state index contributed by atoms with van der Waals surface area (Å²) in [6, 6.07) is 4.45. The molecule has 1 atom stereocenters. The van der Waals surface area contributed by atoms with Gasteiger partial charge in [-0.15, -0.1) is 0 Å². The number of aliphatic carboxylic acids is 2. The third-order valence-electron chi connectivity index (χ3n) is 3.29. The van der Waals surface area contributed by atoms with Crippen LogP contribution in [0.3, 0.4) is 0 Å². The molecule has 1 unspecified atom stereocenters. The fourth-order valence-electron chi connectivity index (χ4n) is 2.23. The van der Waals surface area contributed by atoms with Crippen LogP contribution in [0.25, 0.3) is 10.9 Å². The Labute approximate surface area is 146 Å². The van der Waals surface area contributed by atoms with Gasteiger partial charge in [-0.25, -0.2) is 9.59 Å². The lowest BCUT2D eigenvalue weighted by molar-refractivity contribution is -0.163. The van der Waals surface area contributed by atoms with Crippen LogP contribution in [-0.4, -0.2) is 45.7 Å². The lowest BCUT2D eigenvalue weighted by atomic mass is 10.1. The highest BCUT2D eigenvalue weighted by molar-refractivity contribution is 5.91. The van der Waals surface area contributed by atoms with E-state index in [1.807, 2.05) is 0 Å². The Morgan fingerprint density at radius 3 is 2.58 bits per heavy atom. The molecule has 0 fully saturated rings. The van der Waals surface area contributed by atoms with Crippen molar-refractivity contribution in [1.29, 1.82) is 0 Å². The van der Waals surface area contributed by atoms with E-state index >= 15 is 0 Å². The minimum absolute atomic E-state index is 0.0979. The number of benzene rings is 1. The highest BCUT2D eigenvalue weighted by Gasteiger charge is 2.26. The van der Waals surface area contributed by atoms with E-state index in [-0.39, 0.29) is 24.3 Å². The maximum atomic E-state index is 11.6. The molecule has 4 N–H and O–H groups in total. The smallest absolute Gasteiger partial charge is 0.412 e. The van der Waals surface area contributed by atoms with Gasteiger partial charge in [0.2, 0.25) is 6.10 Å². The molecule has 10 heteroatoms. The number of ether oxygens (including phenoxy) is 2. The lowest BCUT2D eigenvalue weighted by Crippen LogP contribution is -2.28. The van der Waals surface area contributed by atoms with Gasteiger partial charge in [-0.05, 0) is 18.2 Å². The molecule has 0 aliphatic heterocycles. The van der Waals surface area contributed by atoms with Crippen molar-refractivity contribution in [1.82, 2.24) is 10.3 Å². The second kappa shape index (κ2) is 8.01. The number of amides is 1. The minimum atomic E-state index is -1.51. The first-order chi connectivity index (χ1) is 12.3. The third-order valence-corrected chi connectivity index (χ3v) is 3.29. The van der Waals surface area contributed by atoms with E-state index in [1.54, 1.807) is 6.07 Å². The van der Waals surface area contributed by atoms with Crippen molar-refractivity contribution in [2.45, 2.75) is 19.4 Å². The van der Waals surface area contributed by atoms with E-state index in [0.717, 1.165) is 6.92 Å². The van der Waals surface area contributed by atoms with Gasteiger partial charge in [-0.3, -0.25) is 9.59 Å². The third kappa shape index (κ3) is 4.72. The van der Waals surface area contributed by atoms with Crippen molar-refractivity contribution in [3.05, 3.63) is 30.0 Å². The number of hydrogen-bond acceptors (Lipinski definition) is 6. The van der Waals surface area contributed by atoms with Gasteiger partial charge in [0.25, 0.3) is 0 Å².